The van der Waals surface area contributed by atoms with Crippen LogP contribution >= 0.6 is 15.9 Å². The molecule has 2 aromatic carbocycles. The molecule has 0 atom stereocenters. The molecule has 1 N–H and O–H groups in total. The van der Waals surface area contributed by atoms with E-state index < -0.39 is 0 Å². The number of nitrogens with one attached hydrogen (secondary N) is 1. The smallest absolute Gasteiger partial charge is 0.265 e. The van der Waals surface area contributed by atoms with Crippen molar-refractivity contribution in [3.63, 3.8) is 0 Å². The normalized spacial score (nSPS) is 10.8. The zero-order valence-corrected chi connectivity index (χ0v) is 16.2. The van der Waals surface area contributed by atoms with Gasteiger partial charge in [0.05, 0.1) is 0 Å². The highest BCUT2D eigenvalue weighted by atomic mass is 79.9. The molecule has 4 aromatic rings. The lowest BCUT2D eigenvalue weighted by molar-refractivity contribution is -0.123. The second-order valence-electron chi connectivity index (χ2n) is 5.95. The molecule has 0 saturated carbocycles. The second-order valence-corrected chi connectivity index (χ2v) is 6.87. The number of rotatable bonds is 6. The van der Waals surface area contributed by atoms with Gasteiger partial charge in [-0.05, 0) is 17.7 Å². The van der Waals surface area contributed by atoms with Crippen LogP contribution in [0.4, 0.5) is 0 Å². The summed E-state index contributed by atoms with van der Waals surface area (Å²) in [5, 5.41) is 7.43. The monoisotopic (exact) mass is 438 g/mol. The van der Waals surface area contributed by atoms with Gasteiger partial charge in [0.25, 0.3) is 11.6 Å². The molecule has 2 aromatic heterocycles. The molecular weight excluding hydrogens is 424 g/mol. The van der Waals surface area contributed by atoms with Crippen molar-refractivity contribution in [2.24, 2.45) is 0 Å². The minimum absolute atomic E-state index is 0.181. The first-order chi connectivity index (χ1) is 13.7. The van der Waals surface area contributed by atoms with Crippen LogP contribution in [-0.4, -0.2) is 27.6 Å². The van der Waals surface area contributed by atoms with Crippen molar-refractivity contribution in [3.8, 4) is 17.1 Å². The van der Waals surface area contributed by atoms with E-state index >= 15 is 0 Å². The fourth-order valence-electron chi connectivity index (χ4n) is 2.70. The van der Waals surface area contributed by atoms with E-state index in [2.05, 4.69) is 36.4 Å². The first-order valence-electron chi connectivity index (χ1n) is 8.50. The van der Waals surface area contributed by atoms with Crippen molar-refractivity contribution < 1.29 is 14.1 Å². The number of hydrogen-bond acceptors (Lipinski definition) is 6. The summed E-state index contributed by atoms with van der Waals surface area (Å²) in [6, 6.07) is 17.2. The fourth-order valence-corrected chi connectivity index (χ4v) is 3.14. The number of ether oxygens (including phenoxy) is 1. The maximum Gasteiger partial charge on any atom is 0.265 e. The van der Waals surface area contributed by atoms with Crippen LogP contribution in [-0.2, 0) is 11.3 Å². The van der Waals surface area contributed by atoms with E-state index in [1.165, 1.54) is 6.33 Å². The Kier molecular flexibility index (Phi) is 5.29. The van der Waals surface area contributed by atoms with Gasteiger partial charge in [0.15, 0.2) is 6.61 Å². The predicted molar refractivity (Wildman–Crippen MR) is 107 cm³/mol. The van der Waals surface area contributed by atoms with E-state index in [0.717, 1.165) is 15.6 Å². The summed E-state index contributed by atoms with van der Waals surface area (Å²) in [5.74, 6) is -0.00726. The Hall–Kier alpha value is -3.26. The molecule has 1 amide bonds. The summed E-state index contributed by atoms with van der Waals surface area (Å²) in [6.07, 6.45) is 1.32. The van der Waals surface area contributed by atoms with Gasteiger partial charge in [-0.1, -0.05) is 63.6 Å². The van der Waals surface area contributed by atoms with Gasteiger partial charge in [-0.2, -0.15) is 4.98 Å². The highest BCUT2D eigenvalue weighted by molar-refractivity contribution is 9.10. The predicted octanol–water partition coefficient (Wildman–Crippen LogP) is 3.74. The molecule has 2 heterocycles. The first-order valence-corrected chi connectivity index (χ1v) is 9.30. The van der Waals surface area contributed by atoms with Crippen LogP contribution in [0.2, 0.25) is 0 Å². The molecule has 0 aliphatic heterocycles. The third-order valence-corrected chi connectivity index (χ3v) is 4.50. The number of aromatic nitrogens is 3. The number of fused-ring (bicyclic) bond motifs is 1. The van der Waals surface area contributed by atoms with Crippen LogP contribution in [0.3, 0.4) is 0 Å². The van der Waals surface area contributed by atoms with Crippen molar-refractivity contribution >= 4 is 32.9 Å². The number of halogens is 1. The molecule has 0 spiro atoms. The molecular formula is C20H15BrN4O3. The summed E-state index contributed by atoms with van der Waals surface area (Å²) in [6.45, 7) is 0.225. The first kappa shape index (κ1) is 18.1. The number of carbonyl (C=O) groups is 1. The highest BCUT2D eigenvalue weighted by Crippen LogP contribution is 2.32. The average Bonchev–Trinajstić information content (AvgIpc) is 3.16. The largest absolute Gasteiger partial charge is 0.467 e. The van der Waals surface area contributed by atoms with Crippen LogP contribution in [0.15, 0.2) is 69.9 Å². The summed E-state index contributed by atoms with van der Waals surface area (Å²) in [7, 11) is 0. The molecule has 7 nitrogen and oxygen atoms in total. The van der Waals surface area contributed by atoms with Crippen molar-refractivity contribution in [2.45, 2.75) is 6.54 Å². The van der Waals surface area contributed by atoms with Gasteiger partial charge in [0, 0.05) is 16.6 Å². The van der Waals surface area contributed by atoms with Crippen LogP contribution < -0.4 is 10.1 Å². The Morgan fingerprint density at radius 2 is 1.96 bits per heavy atom. The molecule has 0 fully saturated rings. The lowest BCUT2D eigenvalue weighted by atomic mass is 10.1. The third kappa shape index (κ3) is 4.01. The van der Waals surface area contributed by atoms with Crippen LogP contribution in [0.5, 0.6) is 5.88 Å². The minimum atomic E-state index is -0.260. The van der Waals surface area contributed by atoms with Gasteiger partial charge in [0.1, 0.15) is 17.4 Å². The van der Waals surface area contributed by atoms with Crippen LogP contribution in [0.25, 0.3) is 22.4 Å². The van der Waals surface area contributed by atoms with E-state index in [4.69, 9.17) is 9.26 Å². The van der Waals surface area contributed by atoms with Gasteiger partial charge >= 0.3 is 0 Å². The molecule has 0 aliphatic rings. The fraction of sp³-hybridized carbons (Fsp3) is 0.100. The molecule has 0 saturated heterocycles. The molecule has 140 valence electrons. The zero-order chi connectivity index (χ0) is 19.3. The van der Waals surface area contributed by atoms with E-state index in [1.54, 1.807) is 0 Å². The SMILES string of the molecule is O=C(COc1ncnc2onc(-c3ccccc3)c12)NCc1cccc(Br)c1. The van der Waals surface area contributed by atoms with Crippen molar-refractivity contribution in [3.05, 3.63) is 71.0 Å². The maximum atomic E-state index is 12.2. The lowest BCUT2D eigenvalue weighted by Gasteiger charge is -2.08. The average molecular weight is 439 g/mol. The standard InChI is InChI=1S/C20H15BrN4O3/c21-15-8-4-5-13(9-15)10-22-16(26)11-27-19-17-18(14-6-2-1-3-7-14)25-28-20(17)24-12-23-19/h1-9,12H,10-11H2,(H,22,26). The summed E-state index contributed by atoms with van der Waals surface area (Å²) < 4.78 is 11.9. The molecule has 0 unspecified atom stereocenters. The summed E-state index contributed by atoms with van der Waals surface area (Å²) in [5.41, 5.74) is 2.71. The molecule has 0 radical (unpaired) electrons. The molecule has 4 rings (SSSR count). The van der Waals surface area contributed by atoms with E-state index in [9.17, 15) is 4.79 Å². The van der Waals surface area contributed by atoms with Crippen molar-refractivity contribution in [1.82, 2.24) is 20.4 Å². The van der Waals surface area contributed by atoms with Crippen molar-refractivity contribution in [1.29, 1.82) is 0 Å². The minimum Gasteiger partial charge on any atom is -0.467 e. The van der Waals surface area contributed by atoms with Crippen molar-refractivity contribution in [2.75, 3.05) is 6.61 Å². The van der Waals surface area contributed by atoms with Gasteiger partial charge in [0.2, 0.25) is 5.88 Å². The number of benzene rings is 2. The van der Waals surface area contributed by atoms with Crippen LogP contribution in [0.1, 0.15) is 5.56 Å². The Bertz CT molecular complexity index is 1110. The lowest BCUT2D eigenvalue weighted by Crippen LogP contribution is -2.28. The van der Waals surface area contributed by atoms with E-state index in [1.807, 2.05) is 54.6 Å². The number of hydrogen-bond donors (Lipinski definition) is 1. The molecule has 28 heavy (non-hydrogen) atoms. The van der Waals surface area contributed by atoms with Gasteiger partial charge in [-0.25, -0.2) is 4.98 Å². The Morgan fingerprint density at radius 1 is 1.11 bits per heavy atom. The van der Waals surface area contributed by atoms with Crippen LogP contribution in [0, 0.1) is 0 Å². The van der Waals surface area contributed by atoms with Gasteiger partial charge in [-0.3, -0.25) is 4.79 Å². The maximum absolute atomic E-state index is 12.2. The molecule has 0 bridgehead atoms. The second kappa shape index (κ2) is 8.18. The number of nitrogens with zero attached hydrogens (tertiary/aromatic N) is 3. The topological polar surface area (TPSA) is 90.1 Å². The van der Waals surface area contributed by atoms with Gasteiger partial charge in [-0.15, -0.1) is 0 Å². The Balaban J connectivity index is 1.47. The highest BCUT2D eigenvalue weighted by Gasteiger charge is 2.18. The summed E-state index contributed by atoms with van der Waals surface area (Å²) >= 11 is 3.41. The third-order valence-electron chi connectivity index (χ3n) is 4.00. The number of carbonyl (C=O) groups excluding carboxylic acids is 1. The molecule has 8 heteroatoms. The van der Waals surface area contributed by atoms with E-state index in [0.29, 0.717) is 23.3 Å². The zero-order valence-electron chi connectivity index (χ0n) is 14.6. The molecule has 0 aliphatic carbocycles. The van der Waals surface area contributed by atoms with Gasteiger partial charge < -0.3 is 14.6 Å². The Morgan fingerprint density at radius 3 is 2.79 bits per heavy atom. The number of amides is 1. The van der Waals surface area contributed by atoms with E-state index in [-0.39, 0.29) is 18.4 Å². The Labute approximate surface area is 168 Å². The summed E-state index contributed by atoms with van der Waals surface area (Å²) in [4.78, 5) is 20.4. The quantitative estimate of drug-likeness (QED) is 0.492.